The normalized spacial score (nSPS) is 10.8. The molecule has 0 bridgehead atoms. The van der Waals surface area contributed by atoms with E-state index in [-0.39, 0.29) is 0 Å². The molecule has 0 unspecified atom stereocenters. The molecule has 1 heterocycles. The predicted molar refractivity (Wildman–Crippen MR) is 103 cm³/mol. The van der Waals surface area contributed by atoms with E-state index in [1.165, 1.54) is 5.56 Å². The monoisotopic (exact) mass is 344 g/mol. The second-order valence-electron chi connectivity index (χ2n) is 5.88. The minimum Gasteiger partial charge on any atom is -0.282 e. The molecule has 3 aromatic carbocycles. The van der Waals surface area contributed by atoms with Crippen molar-refractivity contribution in [2.75, 3.05) is 0 Å². The van der Waals surface area contributed by atoms with E-state index in [4.69, 9.17) is 4.98 Å². The van der Waals surface area contributed by atoms with Crippen LogP contribution in [0.2, 0.25) is 0 Å². The SMILES string of the molecule is Cc1ccc(-n2c(-c3ccccc3)nc3ccccc3c2=S=O)cc1. The molecule has 0 atom stereocenters. The van der Waals surface area contributed by atoms with E-state index in [0.29, 0.717) is 15.9 Å². The van der Waals surface area contributed by atoms with Crippen LogP contribution in [-0.4, -0.2) is 13.8 Å². The van der Waals surface area contributed by atoms with Gasteiger partial charge in [0.15, 0.2) is 4.64 Å². The molecule has 0 aliphatic carbocycles. The van der Waals surface area contributed by atoms with Gasteiger partial charge in [0, 0.05) is 16.6 Å². The Balaban J connectivity index is 2.18. The van der Waals surface area contributed by atoms with E-state index >= 15 is 0 Å². The fourth-order valence-corrected chi connectivity index (χ4v) is 3.46. The summed E-state index contributed by atoms with van der Waals surface area (Å²) in [6.07, 6.45) is 0. The maximum atomic E-state index is 12.1. The van der Waals surface area contributed by atoms with Gasteiger partial charge >= 0.3 is 0 Å². The van der Waals surface area contributed by atoms with Gasteiger partial charge in [0.2, 0.25) is 0 Å². The number of para-hydroxylation sites is 1. The van der Waals surface area contributed by atoms with Crippen molar-refractivity contribution < 1.29 is 4.21 Å². The molecule has 0 aliphatic rings. The highest BCUT2D eigenvalue weighted by Crippen LogP contribution is 2.25. The molecule has 0 saturated carbocycles. The summed E-state index contributed by atoms with van der Waals surface area (Å²) in [5.41, 5.74) is 3.91. The second-order valence-corrected chi connectivity index (χ2v) is 6.43. The third-order valence-electron chi connectivity index (χ3n) is 4.18. The third-order valence-corrected chi connectivity index (χ3v) is 4.74. The van der Waals surface area contributed by atoms with Gasteiger partial charge in [-0.2, -0.15) is 0 Å². The number of fused-ring (bicyclic) bond motifs is 1. The van der Waals surface area contributed by atoms with Gasteiger partial charge in [0.1, 0.15) is 17.1 Å². The van der Waals surface area contributed by atoms with Crippen molar-refractivity contribution in [2.24, 2.45) is 0 Å². The van der Waals surface area contributed by atoms with Crippen LogP contribution in [0, 0.1) is 11.6 Å². The van der Waals surface area contributed by atoms with Crippen molar-refractivity contribution >= 4 is 22.2 Å². The summed E-state index contributed by atoms with van der Waals surface area (Å²) >= 11 is 0.506. The van der Waals surface area contributed by atoms with E-state index in [1.54, 1.807) is 0 Å². The second kappa shape index (κ2) is 6.49. The van der Waals surface area contributed by atoms with Crippen LogP contribution in [0.25, 0.3) is 28.0 Å². The zero-order chi connectivity index (χ0) is 17.2. The Morgan fingerprint density at radius 1 is 0.840 bits per heavy atom. The number of nitrogens with zero attached hydrogens (tertiary/aromatic N) is 2. The van der Waals surface area contributed by atoms with Crippen molar-refractivity contribution in [3.8, 4) is 17.1 Å². The average Bonchev–Trinajstić information content (AvgIpc) is 2.68. The van der Waals surface area contributed by atoms with Gasteiger partial charge in [-0.1, -0.05) is 60.2 Å². The zero-order valence-electron chi connectivity index (χ0n) is 13.7. The van der Waals surface area contributed by atoms with Crippen molar-refractivity contribution in [3.05, 3.63) is 89.1 Å². The summed E-state index contributed by atoms with van der Waals surface area (Å²) in [6, 6.07) is 25.9. The first-order chi connectivity index (χ1) is 12.3. The molecule has 0 fully saturated rings. The Morgan fingerprint density at radius 2 is 1.52 bits per heavy atom. The Hall–Kier alpha value is -2.98. The Morgan fingerprint density at radius 3 is 2.24 bits per heavy atom. The summed E-state index contributed by atoms with van der Waals surface area (Å²) in [4.78, 5) is 4.86. The lowest BCUT2D eigenvalue weighted by Crippen LogP contribution is -2.06. The van der Waals surface area contributed by atoms with Crippen LogP contribution < -0.4 is 0 Å². The highest BCUT2D eigenvalue weighted by molar-refractivity contribution is 7.57. The number of benzene rings is 3. The predicted octanol–water partition coefficient (Wildman–Crippen LogP) is 4.75. The number of rotatable bonds is 2. The summed E-state index contributed by atoms with van der Waals surface area (Å²) in [7, 11) is 0. The fraction of sp³-hybridized carbons (Fsp3) is 0.0476. The number of hydrogen-bond acceptors (Lipinski definition) is 2. The summed E-state index contributed by atoms with van der Waals surface area (Å²) in [6.45, 7) is 2.05. The lowest BCUT2D eigenvalue weighted by atomic mass is 10.1. The molecule has 25 heavy (non-hydrogen) atoms. The van der Waals surface area contributed by atoms with Crippen molar-refractivity contribution in [1.29, 1.82) is 0 Å². The van der Waals surface area contributed by atoms with E-state index in [9.17, 15) is 4.21 Å². The Bertz CT molecular complexity index is 1140. The largest absolute Gasteiger partial charge is 0.282 e. The van der Waals surface area contributed by atoms with E-state index in [2.05, 4.69) is 6.92 Å². The third kappa shape index (κ3) is 2.81. The highest BCUT2D eigenvalue weighted by atomic mass is 32.1. The van der Waals surface area contributed by atoms with Crippen LogP contribution in [0.5, 0.6) is 0 Å². The topological polar surface area (TPSA) is 34.9 Å². The molecule has 4 aromatic rings. The molecular formula is C21H16N2OS. The summed E-state index contributed by atoms with van der Waals surface area (Å²) in [5.74, 6) is 0.765. The molecule has 0 N–H and O–H groups in total. The molecule has 4 rings (SSSR count). The van der Waals surface area contributed by atoms with Gasteiger partial charge in [-0.05, 0) is 31.2 Å². The first-order valence-electron chi connectivity index (χ1n) is 8.05. The number of aromatic nitrogens is 2. The smallest absolute Gasteiger partial charge is 0.152 e. The molecule has 0 amide bonds. The molecule has 1 aromatic heterocycles. The standard InChI is InChI=1S/C21H16N2OS/c1-15-11-13-17(14-12-15)23-20(16-7-3-2-4-8-16)22-19-10-6-5-9-18(19)21(23)25-24/h2-14H,1H3. The fourth-order valence-electron chi connectivity index (χ4n) is 2.93. The number of hydrogen-bond donors (Lipinski definition) is 0. The first-order valence-corrected chi connectivity index (χ1v) is 8.79. The van der Waals surface area contributed by atoms with E-state index < -0.39 is 0 Å². The molecule has 0 saturated heterocycles. The maximum Gasteiger partial charge on any atom is 0.152 e. The Kier molecular flexibility index (Phi) is 4.04. The Labute approximate surface area is 149 Å². The van der Waals surface area contributed by atoms with E-state index in [0.717, 1.165) is 28.0 Å². The van der Waals surface area contributed by atoms with Crippen molar-refractivity contribution in [2.45, 2.75) is 6.92 Å². The van der Waals surface area contributed by atoms with Gasteiger partial charge in [-0.3, -0.25) is 4.57 Å². The lowest BCUT2D eigenvalue weighted by Gasteiger charge is -2.15. The van der Waals surface area contributed by atoms with Crippen molar-refractivity contribution in [3.63, 3.8) is 0 Å². The lowest BCUT2D eigenvalue weighted by molar-refractivity contribution is 0.699. The van der Waals surface area contributed by atoms with Crippen LogP contribution >= 0.6 is 0 Å². The quantitative estimate of drug-likeness (QED) is 0.492. The summed E-state index contributed by atoms with van der Waals surface area (Å²) < 4.78 is 14.7. The highest BCUT2D eigenvalue weighted by Gasteiger charge is 2.12. The minimum atomic E-state index is 0.506. The van der Waals surface area contributed by atoms with Crippen LogP contribution in [-0.2, 0) is 11.3 Å². The van der Waals surface area contributed by atoms with E-state index in [1.807, 2.05) is 83.4 Å². The maximum absolute atomic E-state index is 12.1. The molecule has 0 spiro atoms. The first kappa shape index (κ1) is 15.5. The van der Waals surface area contributed by atoms with Crippen LogP contribution in [0.3, 0.4) is 0 Å². The molecule has 3 nitrogen and oxygen atoms in total. The van der Waals surface area contributed by atoms with Gasteiger partial charge in [-0.15, -0.1) is 0 Å². The van der Waals surface area contributed by atoms with Crippen LogP contribution in [0.1, 0.15) is 5.56 Å². The molecule has 0 radical (unpaired) electrons. The zero-order valence-corrected chi connectivity index (χ0v) is 14.5. The van der Waals surface area contributed by atoms with Gasteiger partial charge in [-0.25, -0.2) is 9.19 Å². The number of aryl methyl sites for hydroxylation is 1. The van der Waals surface area contributed by atoms with Crippen LogP contribution in [0.15, 0.2) is 78.9 Å². The van der Waals surface area contributed by atoms with Crippen LogP contribution in [0.4, 0.5) is 0 Å². The molecule has 0 aliphatic heterocycles. The molecule has 4 heteroatoms. The minimum absolute atomic E-state index is 0.506. The molecular weight excluding hydrogens is 328 g/mol. The van der Waals surface area contributed by atoms with Gasteiger partial charge in [0.25, 0.3) is 0 Å². The summed E-state index contributed by atoms with van der Waals surface area (Å²) in [5, 5.41) is 0.864. The van der Waals surface area contributed by atoms with Gasteiger partial charge in [0.05, 0.1) is 5.52 Å². The average molecular weight is 344 g/mol. The molecule has 122 valence electrons. The van der Waals surface area contributed by atoms with Crippen molar-refractivity contribution in [1.82, 2.24) is 9.55 Å². The van der Waals surface area contributed by atoms with Gasteiger partial charge < -0.3 is 0 Å².